The molecule has 5 nitrogen and oxygen atoms in total. The standard InChI is InChI=1S/C37H61NO4S/c1-8-9-10-11-12-13-14-15-16-17-18-19-20-21-26-41-34-28-33(38)35(27-32(34)37(6,7)29-36(3,4)5)42-43(39,40)31-24-22-30(2)23-25-31/h22-25,27-28H,8-21,26,29,38H2,1-7H3. The summed E-state index contributed by atoms with van der Waals surface area (Å²) in [4.78, 5) is 0.103. The number of rotatable bonds is 21. The summed E-state index contributed by atoms with van der Waals surface area (Å²) in [5.41, 5.74) is 8.27. The molecule has 0 atom stereocenters. The Morgan fingerprint density at radius 1 is 0.698 bits per heavy atom. The third-order valence-corrected chi connectivity index (χ3v) is 9.33. The van der Waals surface area contributed by atoms with Crippen LogP contribution in [0.2, 0.25) is 0 Å². The van der Waals surface area contributed by atoms with Crippen LogP contribution in [-0.4, -0.2) is 15.0 Å². The molecule has 6 heteroatoms. The highest BCUT2D eigenvalue weighted by Crippen LogP contribution is 2.44. The first-order chi connectivity index (χ1) is 20.2. The lowest BCUT2D eigenvalue weighted by molar-refractivity contribution is 0.262. The van der Waals surface area contributed by atoms with Crippen molar-refractivity contribution in [3.63, 3.8) is 0 Å². The Morgan fingerprint density at radius 3 is 1.67 bits per heavy atom. The molecule has 0 aromatic heterocycles. The molecule has 0 saturated heterocycles. The van der Waals surface area contributed by atoms with Crippen LogP contribution in [0.1, 0.15) is 149 Å². The van der Waals surface area contributed by atoms with Gasteiger partial charge < -0.3 is 14.7 Å². The van der Waals surface area contributed by atoms with Gasteiger partial charge in [0.2, 0.25) is 0 Å². The Morgan fingerprint density at radius 2 is 1.19 bits per heavy atom. The van der Waals surface area contributed by atoms with Crippen LogP contribution in [-0.2, 0) is 15.5 Å². The van der Waals surface area contributed by atoms with Gasteiger partial charge in [-0.05, 0) is 48.8 Å². The number of benzene rings is 2. The molecule has 244 valence electrons. The highest BCUT2D eigenvalue weighted by molar-refractivity contribution is 7.87. The Labute approximate surface area is 264 Å². The zero-order chi connectivity index (χ0) is 31.9. The van der Waals surface area contributed by atoms with Crippen LogP contribution in [0.15, 0.2) is 41.3 Å². The van der Waals surface area contributed by atoms with E-state index >= 15 is 0 Å². The van der Waals surface area contributed by atoms with Crippen molar-refractivity contribution in [2.45, 2.75) is 155 Å². The zero-order valence-corrected chi connectivity index (χ0v) is 29.2. The van der Waals surface area contributed by atoms with Gasteiger partial charge in [0.1, 0.15) is 10.6 Å². The van der Waals surface area contributed by atoms with Crippen molar-refractivity contribution in [3.05, 3.63) is 47.5 Å². The van der Waals surface area contributed by atoms with Gasteiger partial charge in [-0.25, -0.2) is 0 Å². The average molecular weight is 616 g/mol. The second kappa shape index (κ2) is 17.9. The molecule has 2 aromatic rings. The highest BCUT2D eigenvalue weighted by Gasteiger charge is 2.32. The van der Waals surface area contributed by atoms with Crippen molar-refractivity contribution in [1.29, 1.82) is 0 Å². The van der Waals surface area contributed by atoms with E-state index in [1.807, 2.05) is 6.92 Å². The third-order valence-electron chi connectivity index (χ3n) is 8.08. The first kappa shape index (κ1) is 37.0. The lowest BCUT2D eigenvalue weighted by Crippen LogP contribution is -2.26. The fourth-order valence-electron chi connectivity index (χ4n) is 6.07. The summed E-state index contributed by atoms with van der Waals surface area (Å²) >= 11 is 0. The summed E-state index contributed by atoms with van der Waals surface area (Å²) in [7, 11) is -4.03. The number of nitrogen functional groups attached to an aromatic ring is 1. The normalized spacial score (nSPS) is 12.4. The van der Waals surface area contributed by atoms with Crippen LogP contribution >= 0.6 is 0 Å². The van der Waals surface area contributed by atoms with Gasteiger partial charge in [0.15, 0.2) is 5.75 Å². The minimum absolute atomic E-state index is 0.0613. The van der Waals surface area contributed by atoms with Gasteiger partial charge in [0, 0.05) is 11.6 Å². The molecule has 0 aliphatic rings. The fourth-order valence-corrected chi connectivity index (χ4v) is 7.01. The maximum atomic E-state index is 13.1. The van der Waals surface area contributed by atoms with E-state index in [9.17, 15) is 8.42 Å². The van der Waals surface area contributed by atoms with Crippen molar-refractivity contribution in [2.75, 3.05) is 12.3 Å². The Bertz CT molecular complexity index is 1180. The van der Waals surface area contributed by atoms with Crippen LogP contribution in [0.5, 0.6) is 11.5 Å². The van der Waals surface area contributed by atoms with E-state index in [0.29, 0.717) is 12.4 Å². The molecular weight excluding hydrogens is 554 g/mol. The molecule has 0 radical (unpaired) electrons. The van der Waals surface area contributed by atoms with E-state index in [4.69, 9.17) is 14.7 Å². The van der Waals surface area contributed by atoms with Gasteiger partial charge in [-0.15, -0.1) is 0 Å². The highest BCUT2D eigenvalue weighted by atomic mass is 32.2. The molecule has 0 heterocycles. The van der Waals surface area contributed by atoms with Crippen LogP contribution in [0.25, 0.3) is 0 Å². The maximum Gasteiger partial charge on any atom is 0.339 e. The van der Waals surface area contributed by atoms with Gasteiger partial charge in [-0.1, -0.05) is 143 Å². The minimum atomic E-state index is -4.03. The first-order valence-electron chi connectivity index (χ1n) is 16.8. The zero-order valence-electron chi connectivity index (χ0n) is 28.4. The van der Waals surface area contributed by atoms with E-state index in [1.54, 1.807) is 36.4 Å². The van der Waals surface area contributed by atoms with E-state index in [2.05, 4.69) is 41.5 Å². The molecule has 43 heavy (non-hydrogen) atoms. The molecule has 0 fully saturated rings. The first-order valence-corrected chi connectivity index (χ1v) is 18.2. The second-order valence-corrected chi connectivity index (χ2v) is 15.8. The number of ether oxygens (including phenoxy) is 1. The third kappa shape index (κ3) is 14.0. The number of nitrogens with two attached hydrogens (primary N) is 1. The van der Waals surface area contributed by atoms with Crippen molar-refractivity contribution < 1.29 is 17.3 Å². The van der Waals surface area contributed by atoms with Crippen LogP contribution in [0.3, 0.4) is 0 Å². The lowest BCUT2D eigenvalue weighted by Gasteiger charge is -2.34. The molecule has 2 N–H and O–H groups in total. The van der Waals surface area contributed by atoms with Crippen molar-refractivity contribution >= 4 is 15.8 Å². The molecule has 0 amide bonds. The van der Waals surface area contributed by atoms with Crippen molar-refractivity contribution in [1.82, 2.24) is 0 Å². The summed E-state index contributed by atoms with van der Waals surface area (Å²) in [6, 6.07) is 10.1. The maximum absolute atomic E-state index is 13.1. The predicted octanol–water partition coefficient (Wildman–Crippen LogP) is 10.9. The summed E-state index contributed by atoms with van der Waals surface area (Å²) < 4.78 is 38.0. The summed E-state index contributed by atoms with van der Waals surface area (Å²) in [5.74, 6) is 0.850. The van der Waals surface area contributed by atoms with Crippen molar-refractivity contribution in [2.24, 2.45) is 5.41 Å². The molecule has 0 saturated carbocycles. The second-order valence-electron chi connectivity index (χ2n) is 14.3. The molecule has 0 aliphatic heterocycles. The van der Waals surface area contributed by atoms with E-state index in [1.165, 1.54) is 77.0 Å². The van der Waals surface area contributed by atoms with E-state index in [0.717, 1.165) is 30.4 Å². The van der Waals surface area contributed by atoms with Crippen molar-refractivity contribution in [3.8, 4) is 11.5 Å². The number of unbranched alkanes of at least 4 members (excludes halogenated alkanes) is 13. The summed E-state index contributed by atoms with van der Waals surface area (Å²) in [6.07, 6.45) is 19.3. The molecule has 0 spiro atoms. The number of anilines is 1. The van der Waals surface area contributed by atoms with Gasteiger partial charge in [-0.2, -0.15) is 8.42 Å². The smallest absolute Gasteiger partial charge is 0.339 e. The Balaban J connectivity index is 1.94. The topological polar surface area (TPSA) is 78.6 Å². The van der Waals surface area contributed by atoms with Crippen LogP contribution in [0.4, 0.5) is 5.69 Å². The van der Waals surface area contributed by atoms with Gasteiger partial charge in [0.05, 0.1) is 12.3 Å². The quantitative estimate of drug-likeness (QED) is 0.0858. The van der Waals surface area contributed by atoms with Crippen LogP contribution in [0, 0.1) is 12.3 Å². The van der Waals surface area contributed by atoms with E-state index < -0.39 is 10.1 Å². The van der Waals surface area contributed by atoms with Gasteiger partial charge in [0.25, 0.3) is 0 Å². The minimum Gasteiger partial charge on any atom is -0.493 e. The van der Waals surface area contributed by atoms with Gasteiger partial charge >= 0.3 is 10.1 Å². The monoisotopic (exact) mass is 615 g/mol. The Hall–Kier alpha value is -2.21. The molecule has 0 bridgehead atoms. The Kier molecular flexibility index (Phi) is 15.4. The summed E-state index contributed by atoms with van der Waals surface area (Å²) in [5, 5.41) is 0. The molecular formula is C37H61NO4S. The number of hydrogen-bond donors (Lipinski definition) is 1. The number of hydrogen-bond acceptors (Lipinski definition) is 5. The van der Waals surface area contributed by atoms with Crippen LogP contribution < -0.4 is 14.7 Å². The molecule has 0 unspecified atom stereocenters. The number of aryl methyl sites for hydroxylation is 1. The average Bonchev–Trinajstić information content (AvgIpc) is 2.91. The van der Waals surface area contributed by atoms with Gasteiger partial charge in [-0.3, -0.25) is 0 Å². The largest absolute Gasteiger partial charge is 0.493 e. The molecule has 2 aromatic carbocycles. The summed E-state index contributed by atoms with van der Waals surface area (Å²) in [6.45, 7) is 15.8. The SMILES string of the molecule is CCCCCCCCCCCCCCCCOc1cc(N)c(OS(=O)(=O)c2ccc(C)cc2)cc1C(C)(C)CC(C)(C)C. The molecule has 2 rings (SSSR count). The van der Waals surface area contributed by atoms with E-state index in [-0.39, 0.29) is 27.2 Å². The fraction of sp³-hybridized carbons (Fsp3) is 0.676. The lowest BCUT2D eigenvalue weighted by atomic mass is 9.72. The predicted molar refractivity (Wildman–Crippen MR) is 183 cm³/mol. The molecule has 0 aliphatic carbocycles.